The molecule has 0 amide bonds. The summed E-state index contributed by atoms with van der Waals surface area (Å²) in [7, 11) is 0. The largest absolute Gasteiger partial charge is 0.378 e. The van der Waals surface area contributed by atoms with Gasteiger partial charge in [-0.3, -0.25) is 0 Å². The molecule has 4 heterocycles. The molecule has 8 heteroatoms. The van der Waals surface area contributed by atoms with E-state index in [9.17, 15) is 0 Å². The molecule has 0 aliphatic carbocycles. The van der Waals surface area contributed by atoms with Crippen molar-refractivity contribution in [3.63, 3.8) is 0 Å². The molecule has 0 aromatic rings. The van der Waals surface area contributed by atoms with Crippen LogP contribution in [0.15, 0.2) is 0 Å². The van der Waals surface area contributed by atoms with E-state index in [4.69, 9.17) is 37.9 Å². The molecule has 0 spiro atoms. The minimum Gasteiger partial charge on any atom is -0.378 e. The summed E-state index contributed by atoms with van der Waals surface area (Å²) < 4.78 is 44.3. The average molecular weight is 374 g/mol. The average Bonchev–Trinajstić information content (AvgIpc) is 3.45. The Morgan fingerprint density at radius 1 is 0.500 bits per heavy atom. The number of hydrogen-bond donors (Lipinski definition) is 0. The lowest BCUT2D eigenvalue weighted by atomic mass is 9.95. The van der Waals surface area contributed by atoms with Crippen molar-refractivity contribution in [2.24, 2.45) is 11.8 Å². The van der Waals surface area contributed by atoms with Crippen LogP contribution in [0.25, 0.3) is 0 Å². The predicted molar refractivity (Wildman–Crippen MR) is 89.2 cm³/mol. The number of epoxide rings is 4. The highest BCUT2D eigenvalue weighted by atomic mass is 16.6. The molecule has 0 aromatic carbocycles. The van der Waals surface area contributed by atoms with E-state index in [0.29, 0.717) is 52.9 Å². The smallest absolute Gasteiger partial charge is 0.104 e. The molecule has 4 unspecified atom stereocenters. The number of rotatable bonds is 17. The van der Waals surface area contributed by atoms with Crippen molar-refractivity contribution in [1.82, 2.24) is 0 Å². The highest BCUT2D eigenvalue weighted by Crippen LogP contribution is 2.20. The molecular formula is C18H30O8. The summed E-state index contributed by atoms with van der Waals surface area (Å²) >= 11 is 0. The van der Waals surface area contributed by atoms with E-state index < -0.39 is 0 Å². The van der Waals surface area contributed by atoms with Crippen molar-refractivity contribution in [1.29, 1.82) is 0 Å². The molecule has 4 rings (SSSR count). The first-order valence-corrected chi connectivity index (χ1v) is 9.64. The van der Waals surface area contributed by atoms with Gasteiger partial charge in [-0.15, -0.1) is 0 Å². The Balaban J connectivity index is 1.22. The number of ether oxygens (including phenoxy) is 8. The minimum atomic E-state index is 0.202. The quantitative estimate of drug-likeness (QED) is 0.326. The third-order valence-corrected chi connectivity index (χ3v) is 4.82. The van der Waals surface area contributed by atoms with Gasteiger partial charge >= 0.3 is 0 Å². The molecule has 0 radical (unpaired) electrons. The molecule has 26 heavy (non-hydrogen) atoms. The maximum atomic E-state index is 5.86. The third-order valence-electron chi connectivity index (χ3n) is 4.82. The van der Waals surface area contributed by atoms with Crippen molar-refractivity contribution in [2.75, 3.05) is 79.3 Å². The molecule has 4 saturated heterocycles. The number of hydrogen-bond acceptors (Lipinski definition) is 8. The van der Waals surface area contributed by atoms with Crippen molar-refractivity contribution >= 4 is 0 Å². The van der Waals surface area contributed by atoms with Crippen LogP contribution >= 0.6 is 0 Å². The van der Waals surface area contributed by atoms with Crippen molar-refractivity contribution in [2.45, 2.75) is 24.4 Å². The van der Waals surface area contributed by atoms with Gasteiger partial charge in [-0.25, -0.2) is 0 Å². The van der Waals surface area contributed by atoms with Crippen molar-refractivity contribution in [3.8, 4) is 0 Å². The van der Waals surface area contributed by atoms with Gasteiger partial charge in [-0.05, 0) is 0 Å². The molecule has 0 saturated carbocycles. The van der Waals surface area contributed by atoms with E-state index in [0.717, 1.165) is 26.4 Å². The van der Waals surface area contributed by atoms with E-state index in [2.05, 4.69) is 0 Å². The van der Waals surface area contributed by atoms with Crippen LogP contribution in [-0.2, 0) is 37.9 Å². The zero-order valence-corrected chi connectivity index (χ0v) is 15.2. The van der Waals surface area contributed by atoms with Crippen LogP contribution in [0.1, 0.15) is 0 Å². The second-order valence-electron chi connectivity index (χ2n) is 7.49. The van der Waals surface area contributed by atoms with Crippen molar-refractivity contribution < 1.29 is 37.9 Å². The lowest BCUT2D eigenvalue weighted by Crippen LogP contribution is -2.33. The minimum absolute atomic E-state index is 0.202. The Bertz CT molecular complexity index is 332. The Hall–Kier alpha value is -0.320. The molecule has 0 N–H and O–H groups in total. The molecule has 4 aliphatic heterocycles. The van der Waals surface area contributed by atoms with Crippen LogP contribution in [-0.4, -0.2) is 104 Å². The molecule has 4 aliphatic rings. The standard InChI is InChI=1S/C18H30O8/c1(19-5-15-9-23-15)13(2-20-6-16-10-24-16)14(3-21-7-17-11-25-17)4-22-8-18-12-26-18/h13-18H,1-12H2. The molecule has 0 bridgehead atoms. The second-order valence-corrected chi connectivity index (χ2v) is 7.49. The van der Waals surface area contributed by atoms with Gasteiger partial charge in [-0.2, -0.15) is 0 Å². The van der Waals surface area contributed by atoms with E-state index in [1.54, 1.807) is 0 Å². The van der Waals surface area contributed by atoms with Crippen LogP contribution in [0.4, 0.5) is 0 Å². The highest BCUT2D eigenvalue weighted by molar-refractivity contribution is 4.76. The maximum Gasteiger partial charge on any atom is 0.104 e. The van der Waals surface area contributed by atoms with Gasteiger partial charge < -0.3 is 37.9 Å². The van der Waals surface area contributed by atoms with Gasteiger partial charge in [0.25, 0.3) is 0 Å². The first-order chi connectivity index (χ1) is 12.9. The second kappa shape index (κ2) is 9.75. The fraction of sp³-hybridized carbons (Fsp3) is 1.00. The van der Waals surface area contributed by atoms with E-state index in [1.165, 1.54) is 0 Å². The van der Waals surface area contributed by atoms with E-state index in [-0.39, 0.29) is 36.3 Å². The van der Waals surface area contributed by atoms with Crippen LogP contribution < -0.4 is 0 Å². The van der Waals surface area contributed by atoms with E-state index >= 15 is 0 Å². The molecule has 4 fully saturated rings. The summed E-state index contributed by atoms with van der Waals surface area (Å²) in [5, 5.41) is 0. The van der Waals surface area contributed by atoms with Crippen molar-refractivity contribution in [3.05, 3.63) is 0 Å². The van der Waals surface area contributed by atoms with Crippen LogP contribution in [0.2, 0.25) is 0 Å². The molecule has 0 aromatic heterocycles. The molecular weight excluding hydrogens is 344 g/mol. The van der Waals surface area contributed by atoms with Crippen LogP contribution in [0.5, 0.6) is 0 Å². The van der Waals surface area contributed by atoms with Gasteiger partial charge in [0.05, 0.1) is 79.3 Å². The van der Waals surface area contributed by atoms with Gasteiger partial charge in [0.15, 0.2) is 0 Å². The predicted octanol–water partition coefficient (Wildman–Crippen LogP) is -0.120. The topological polar surface area (TPSA) is 87.0 Å². The molecule has 4 atom stereocenters. The summed E-state index contributed by atoms with van der Waals surface area (Å²) in [5.74, 6) is 0.403. The lowest BCUT2D eigenvalue weighted by molar-refractivity contribution is -0.0455. The summed E-state index contributed by atoms with van der Waals surface area (Å²) in [6, 6.07) is 0. The van der Waals surface area contributed by atoms with Gasteiger partial charge in [-0.1, -0.05) is 0 Å². The highest BCUT2D eigenvalue weighted by Gasteiger charge is 2.30. The normalized spacial score (nSPS) is 33.7. The summed E-state index contributed by atoms with van der Waals surface area (Å²) in [6.45, 7) is 8.24. The van der Waals surface area contributed by atoms with Gasteiger partial charge in [0.2, 0.25) is 0 Å². The fourth-order valence-corrected chi connectivity index (χ4v) is 2.70. The maximum absolute atomic E-state index is 5.86. The molecule has 150 valence electrons. The van der Waals surface area contributed by atoms with Crippen LogP contribution in [0.3, 0.4) is 0 Å². The first-order valence-electron chi connectivity index (χ1n) is 9.64. The summed E-state index contributed by atoms with van der Waals surface area (Å²) in [5.41, 5.74) is 0. The molecule has 8 nitrogen and oxygen atoms in total. The first kappa shape index (κ1) is 19.0. The van der Waals surface area contributed by atoms with Gasteiger partial charge in [0, 0.05) is 11.8 Å². The summed E-state index contributed by atoms with van der Waals surface area (Å²) in [6.07, 6.45) is 1.06. The Labute approximate surface area is 154 Å². The fourth-order valence-electron chi connectivity index (χ4n) is 2.70. The summed E-state index contributed by atoms with van der Waals surface area (Å²) in [4.78, 5) is 0. The van der Waals surface area contributed by atoms with E-state index in [1.807, 2.05) is 0 Å². The van der Waals surface area contributed by atoms with Crippen LogP contribution in [0, 0.1) is 11.8 Å². The zero-order chi connectivity index (χ0) is 17.6. The van der Waals surface area contributed by atoms with Gasteiger partial charge in [0.1, 0.15) is 24.4 Å². The Morgan fingerprint density at radius 2 is 0.731 bits per heavy atom. The SMILES string of the molecule is C(OCC(COCC1CO1)C(COCC1CO1)COCC1CO1)C1CO1. The third kappa shape index (κ3) is 7.74. The monoisotopic (exact) mass is 374 g/mol. The lowest BCUT2D eigenvalue weighted by Gasteiger charge is -2.27. The Kier molecular flexibility index (Phi) is 7.13. The Morgan fingerprint density at radius 3 is 0.923 bits per heavy atom. The zero-order valence-electron chi connectivity index (χ0n) is 15.2.